The predicted octanol–water partition coefficient (Wildman–Crippen LogP) is 5.83. The number of carbonyl (C=O) groups excluding carboxylic acids is 2. The molecule has 3 aromatic rings. The van der Waals surface area contributed by atoms with Gasteiger partial charge in [0.05, 0.1) is 15.6 Å². The first-order valence-corrected chi connectivity index (χ1v) is 14.9. The number of anilines is 1. The standard InChI is InChI=1S/C29H33Cl2N3O4S/c1-4-17-32-29(36)26(5-2)33(19-22-12-10-9-11-21(22)3)28(35)20-34(27-16-15-23(30)18-25(27)31)39(37,38)24-13-7-6-8-14-24/h6-16,18,26H,4-5,17,19-20H2,1-3H3,(H,32,36)/t26-/m0/s1. The minimum atomic E-state index is -4.21. The number of benzene rings is 3. The smallest absolute Gasteiger partial charge is 0.264 e. The zero-order chi connectivity index (χ0) is 28.6. The van der Waals surface area contributed by atoms with Crippen molar-refractivity contribution < 1.29 is 18.0 Å². The van der Waals surface area contributed by atoms with Crippen LogP contribution in [0.4, 0.5) is 5.69 Å². The Bertz CT molecular complexity index is 1400. The topological polar surface area (TPSA) is 86.8 Å². The minimum Gasteiger partial charge on any atom is -0.354 e. The molecule has 10 heteroatoms. The molecule has 0 spiro atoms. The maximum absolute atomic E-state index is 14.0. The van der Waals surface area contributed by atoms with Crippen LogP contribution in [0.25, 0.3) is 0 Å². The quantitative estimate of drug-likeness (QED) is 0.288. The highest BCUT2D eigenvalue weighted by Crippen LogP contribution is 2.33. The third-order valence-electron chi connectivity index (χ3n) is 6.33. The lowest BCUT2D eigenvalue weighted by molar-refractivity contribution is -0.140. The number of rotatable bonds is 12. The van der Waals surface area contributed by atoms with Crippen LogP contribution in [0.2, 0.25) is 10.0 Å². The molecule has 39 heavy (non-hydrogen) atoms. The summed E-state index contributed by atoms with van der Waals surface area (Å²) >= 11 is 12.5. The number of aryl methyl sites for hydroxylation is 1. The van der Waals surface area contributed by atoms with Crippen molar-refractivity contribution in [3.63, 3.8) is 0 Å². The molecule has 208 valence electrons. The summed E-state index contributed by atoms with van der Waals surface area (Å²) in [5, 5.41) is 3.28. The molecule has 0 saturated heterocycles. The molecule has 3 aromatic carbocycles. The number of hydrogen-bond donors (Lipinski definition) is 1. The fourth-order valence-corrected chi connectivity index (χ4v) is 6.19. The van der Waals surface area contributed by atoms with E-state index in [-0.39, 0.29) is 28.1 Å². The number of nitrogens with zero attached hydrogens (tertiary/aromatic N) is 2. The zero-order valence-electron chi connectivity index (χ0n) is 22.2. The van der Waals surface area contributed by atoms with Gasteiger partial charge in [0, 0.05) is 18.1 Å². The fraction of sp³-hybridized carbons (Fsp3) is 0.310. The summed E-state index contributed by atoms with van der Waals surface area (Å²) in [6.45, 7) is 5.73. The largest absolute Gasteiger partial charge is 0.354 e. The second kappa shape index (κ2) is 13.8. The summed E-state index contributed by atoms with van der Waals surface area (Å²) in [5.41, 5.74) is 1.92. The number of hydrogen-bond acceptors (Lipinski definition) is 4. The summed E-state index contributed by atoms with van der Waals surface area (Å²) in [6, 6.07) is 19.0. The highest BCUT2D eigenvalue weighted by Gasteiger charge is 2.34. The van der Waals surface area contributed by atoms with Gasteiger partial charge in [-0.3, -0.25) is 13.9 Å². The Hall–Kier alpha value is -3.07. The number of amides is 2. The van der Waals surface area contributed by atoms with Crippen molar-refractivity contribution in [2.24, 2.45) is 0 Å². The van der Waals surface area contributed by atoms with Gasteiger partial charge >= 0.3 is 0 Å². The van der Waals surface area contributed by atoms with E-state index < -0.39 is 28.5 Å². The Morgan fingerprint density at radius 2 is 1.62 bits per heavy atom. The summed E-state index contributed by atoms with van der Waals surface area (Å²) < 4.78 is 28.7. The van der Waals surface area contributed by atoms with Gasteiger partial charge < -0.3 is 10.2 Å². The molecule has 2 amide bonds. The maximum Gasteiger partial charge on any atom is 0.264 e. The molecular formula is C29H33Cl2N3O4S. The molecule has 1 N–H and O–H groups in total. The van der Waals surface area contributed by atoms with Crippen LogP contribution in [0.5, 0.6) is 0 Å². The van der Waals surface area contributed by atoms with E-state index in [9.17, 15) is 18.0 Å². The molecule has 0 unspecified atom stereocenters. The van der Waals surface area contributed by atoms with E-state index >= 15 is 0 Å². The SMILES string of the molecule is CCCNC(=O)[C@H](CC)N(Cc1ccccc1C)C(=O)CN(c1ccc(Cl)cc1Cl)S(=O)(=O)c1ccccc1. The molecule has 0 bridgehead atoms. The molecule has 0 radical (unpaired) electrons. The minimum absolute atomic E-state index is 0.00185. The second-order valence-corrected chi connectivity index (χ2v) is 11.8. The molecule has 0 fully saturated rings. The molecular weight excluding hydrogens is 557 g/mol. The first-order valence-electron chi connectivity index (χ1n) is 12.7. The van der Waals surface area contributed by atoms with Crippen molar-refractivity contribution >= 4 is 50.7 Å². The van der Waals surface area contributed by atoms with Gasteiger partial charge in [0.2, 0.25) is 11.8 Å². The van der Waals surface area contributed by atoms with E-state index in [0.717, 1.165) is 21.9 Å². The van der Waals surface area contributed by atoms with Gasteiger partial charge in [-0.05, 0) is 61.2 Å². The normalized spacial score (nSPS) is 12.0. The average Bonchev–Trinajstić information content (AvgIpc) is 2.92. The fourth-order valence-electron chi connectivity index (χ4n) is 4.17. The molecule has 0 heterocycles. The highest BCUT2D eigenvalue weighted by atomic mass is 35.5. The molecule has 0 aromatic heterocycles. The Kier molecular flexibility index (Phi) is 10.8. The molecule has 0 aliphatic carbocycles. The Morgan fingerprint density at radius 3 is 2.23 bits per heavy atom. The molecule has 3 rings (SSSR count). The van der Waals surface area contributed by atoms with E-state index in [1.807, 2.05) is 45.0 Å². The molecule has 1 atom stereocenters. The number of carbonyl (C=O) groups is 2. The Balaban J connectivity index is 2.08. The molecule has 0 saturated carbocycles. The van der Waals surface area contributed by atoms with Gasteiger partial charge in [0.1, 0.15) is 12.6 Å². The summed E-state index contributed by atoms with van der Waals surface area (Å²) in [5.74, 6) is -0.828. The van der Waals surface area contributed by atoms with Crippen molar-refractivity contribution in [1.82, 2.24) is 10.2 Å². The van der Waals surface area contributed by atoms with Gasteiger partial charge in [0.25, 0.3) is 10.0 Å². The predicted molar refractivity (Wildman–Crippen MR) is 157 cm³/mol. The first-order chi connectivity index (χ1) is 18.6. The molecule has 7 nitrogen and oxygen atoms in total. The van der Waals surface area contributed by atoms with E-state index in [4.69, 9.17) is 23.2 Å². The van der Waals surface area contributed by atoms with Gasteiger partial charge in [0.15, 0.2) is 0 Å². The van der Waals surface area contributed by atoms with E-state index in [1.54, 1.807) is 18.2 Å². The van der Waals surface area contributed by atoms with E-state index in [2.05, 4.69) is 5.32 Å². The number of nitrogens with one attached hydrogen (secondary N) is 1. The number of halogens is 2. The van der Waals surface area contributed by atoms with Gasteiger partial charge in [-0.25, -0.2) is 8.42 Å². The van der Waals surface area contributed by atoms with Crippen LogP contribution in [-0.4, -0.2) is 44.3 Å². The van der Waals surface area contributed by atoms with Gasteiger partial charge in [-0.1, -0.05) is 79.5 Å². The highest BCUT2D eigenvalue weighted by molar-refractivity contribution is 7.92. The first kappa shape index (κ1) is 30.5. The monoisotopic (exact) mass is 589 g/mol. The zero-order valence-corrected chi connectivity index (χ0v) is 24.6. The average molecular weight is 591 g/mol. The van der Waals surface area contributed by atoms with E-state index in [1.165, 1.54) is 35.2 Å². The van der Waals surface area contributed by atoms with Crippen molar-refractivity contribution in [2.75, 3.05) is 17.4 Å². The van der Waals surface area contributed by atoms with Gasteiger partial charge in [-0.2, -0.15) is 0 Å². The van der Waals surface area contributed by atoms with Crippen molar-refractivity contribution in [3.05, 3.63) is 94.0 Å². The third kappa shape index (κ3) is 7.53. The van der Waals surface area contributed by atoms with Crippen molar-refractivity contribution in [3.8, 4) is 0 Å². The van der Waals surface area contributed by atoms with Crippen molar-refractivity contribution in [2.45, 2.75) is 51.1 Å². The van der Waals surface area contributed by atoms with Gasteiger partial charge in [-0.15, -0.1) is 0 Å². The summed E-state index contributed by atoms with van der Waals surface area (Å²) in [6.07, 6.45) is 1.09. The third-order valence-corrected chi connectivity index (χ3v) is 8.64. The lowest BCUT2D eigenvalue weighted by Crippen LogP contribution is -2.52. The Labute approximate surface area is 240 Å². The lowest BCUT2D eigenvalue weighted by atomic mass is 10.1. The second-order valence-electron chi connectivity index (χ2n) is 9.08. The maximum atomic E-state index is 14.0. The molecule has 0 aliphatic heterocycles. The lowest BCUT2D eigenvalue weighted by Gasteiger charge is -2.33. The van der Waals surface area contributed by atoms with Crippen LogP contribution in [0.3, 0.4) is 0 Å². The van der Waals surface area contributed by atoms with Crippen LogP contribution in [0.15, 0.2) is 77.7 Å². The summed E-state index contributed by atoms with van der Waals surface area (Å²) in [7, 11) is -4.21. The van der Waals surface area contributed by atoms with Crippen LogP contribution < -0.4 is 9.62 Å². The van der Waals surface area contributed by atoms with E-state index in [0.29, 0.717) is 18.0 Å². The van der Waals surface area contributed by atoms with Crippen LogP contribution in [0, 0.1) is 6.92 Å². The van der Waals surface area contributed by atoms with Crippen LogP contribution >= 0.6 is 23.2 Å². The number of sulfonamides is 1. The van der Waals surface area contributed by atoms with Crippen LogP contribution in [-0.2, 0) is 26.2 Å². The molecule has 0 aliphatic rings. The Morgan fingerprint density at radius 1 is 0.949 bits per heavy atom. The van der Waals surface area contributed by atoms with Crippen LogP contribution in [0.1, 0.15) is 37.8 Å². The van der Waals surface area contributed by atoms with Crippen molar-refractivity contribution in [1.29, 1.82) is 0 Å². The summed E-state index contributed by atoms with van der Waals surface area (Å²) in [4.78, 5) is 28.6.